The van der Waals surface area contributed by atoms with Crippen LogP contribution in [0, 0.1) is 0 Å². The van der Waals surface area contributed by atoms with Crippen LogP contribution in [0.4, 0.5) is 5.95 Å². The Morgan fingerprint density at radius 1 is 1.29 bits per heavy atom. The van der Waals surface area contributed by atoms with Gasteiger partial charge in [-0.15, -0.1) is 0 Å². The molecule has 1 unspecified atom stereocenters. The van der Waals surface area contributed by atoms with Crippen molar-refractivity contribution >= 4 is 5.95 Å². The average molecular weight is 235 g/mol. The molecule has 2 aliphatic rings. The largest absolute Gasteiger partial charge is 0.376 e. The van der Waals surface area contributed by atoms with Gasteiger partial charge < -0.3 is 14.6 Å². The number of anilines is 1. The number of rotatable bonds is 4. The first kappa shape index (κ1) is 11.1. The molecule has 1 aromatic heterocycles. The summed E-state index contributed by atoms with van der Waals surface area (Å²) in [5.74, 6) is 1.02. The minimum absolute atomic E-state index is 0.383. The lowest BCUT2D eigenvalue weighted by Gasteiger charge is -2.16. The monoisotopic (exact) mass is 235 g/mol. The van der Waals surface area contributed by atoms with Crippen molar-refractivity contribution in [3.63, 3.8) is 0 Å². The molecule has 1 aromatic rings. The number of hydrogen-bond donors (Lipinski definition) is 1. The van der Waals surface area contributed by atoms with Crippen LogP contribution in [0.25, 0.3) is 0 Å². The van der Waals surface area contributed by atoms with Crippen LogP contribution in [0.5, 0.6) is 0 Å². The summed E-state index contributed by atoms with van der Waals surface area (Å²) < 4.78 is 7.88. The molecule has 0 bridgehead atoms. The van der Waals surface area contributed by atoms with Crippen molar-refractivity contribution in [2.75, 3.05) is 11.9 Å². The normalized spacial score (nSPS) is 25.5. The maximum absolute atomic E-state index is 5.67. The Kier molecular flexibility index (Phi) is 3.31. The van der Waals surface area contributed by atoms with E-state index in [2.05, 4.69) is 21.1 Å². The molecule has 4 nitrogen and oxygen atoms in total. The number of ether oxygens (including phenoxy) is 1. The van der Waals surface area contributed by atoms with Gasteiger partial charge in [0.05, 0.1) is 12.6 Å². The van der Waals surface area contributed by atoms with E-state index in [1.54, 1.807) is 0 Å². The van der Waals surface area contributed by atoms with Crippen LogP contribution in [-0.4, -0.2) is 28.3 Å². The molecule has 94 valence electrons. The van der Waals surface area contributed by atoms with Gasteiger partial charge in [-0.25, -0.2) is 4.98 Å². The minimum atomic E-state index is 0.383. The number of nitrogens with zero attached hydrogens (tertiary/aromatic N) is 2. The maximum Gasteiger partial charge on any atom is 0.203 e. The summed E-state index contributed by atoms with van der Waals surface area (Å²) in [6.45, 7) is 1.86. The predicted molar refractivity (Wildman–Crippen MR) is 67.1 cm³/mol. The Labute approximate surface area is 102 Å². The van der Waals surface area contributed by atoms with Gasteiger partial charge in [0.15, 0.2) is 0 Å². The van der Waals surface area contributed by atoms with Crippen LogP contribution in [0.3, 0.4) is 0 Å². The predicted octanol–water partition coefficient (Wildman–Crippen LogP) is 2.42. The lowest BCUT2D eigenvalue weighted by Crippen LogP contribution is -2.21. The van der Waals surface area contributed by atoms with Gasteiger partial charge in [0, 0.05) is 25.0 Å². The number of aromatic nitrogens is 2. The minimum Gasteiger partial charge on any atom is -0.376 e. The molecule has 3 rings (SSSR count). The molecule has 1 atom stereocenters. The molecule has 4 heteroatoms. The van der Waals surface area contributed by atoms with E-state index in [1.165, 1.54) is 38.5 Å². The maximum atomic E-state index is 5.67. The number of imidazole rings is 1. The van der Waals surface area contributed by atoms with Gasteiger partial charge in [-0.3, -0.25) is 0 Å². The van der Waals surface area contributed by atoms with E-state index in [-0.39, 0.29) is 0 Å². The molecule has 1 N–H and O–H groups in total. The van der Waals surface area contributed by atoms with E-state index in [0.29, 0.717) is 12.1 Å². The number of nitrogens with one attached hydrogen (secondary N) is 1. The smallest absolute Gasteiger partial charge is 0.203 e. The molecule has 0 amide bonds. The molecule has 1 saturated heterocycles. The summed E-state index contributed by atoms with van der Waals surface area (Å²) in [7, 11) is 0. The van der Waals surface area contributed by atoms with Gasteiger partial charge in [-0.1, -0.05) is 12.8 Å². The zero-order valence-electron chi connectivity index (χ0n) is 10.3. The van der Waals surface area contributed by atoms with Gasteiger partial charge in [0.1, 0.15) is 0 Å². The SMILES string of the molecule is c1cn(CC2CCCO2)c(NC2CCCC2)n1. The van der Waals surface area contributed by atoms with Crippen LogP contribution < -0.4 is 5.32 Å². The lowest BCUT2D eigenvalue weighted by atomic mass is 10.2. The second kappa shape index (κ2) is 5.08. The second-order valence-corrected chi connectivity index (χ2v) is 5.16. The summed E-state index contributed by atoms with van der Waals surface area (Å²) in [6.07, 6.45) is 12.0. The van der Waals surface area contributed by atoms with Crippen LogP contribution >= 0.6 is 0 Å². The lowest BCUT2D eigenvalue weighted by molar-refractivity contribution is 0.0974. The summed E-state index contributed by atoms with van der Waals surface area (Å²) in [4.78, 5) is 4.42. The van der Waals surface area contributed by atoms with Crippen molar-refractivity contribution in [3.8, 4) is 0 Å². The third-order valence-corrected chi connectivity index (χ3v) is 3.83. The summed E-state index contributed by atoms with van der Waals surface area (Å²) in [5, 5.41) is 3.56. The summed E-state index contributed by atoms with van der Waals surface area (Å²) in [6, 6.07) is 0.626. The van der Waals surface area contributed by atoms with E-state index >= 15 is 0 Å². The fourth-order valence-electron chi connectivity index (χ4n) is 2.86. The van der Waals surface area contributed by atoms with E-state index in [0.717, 1.165) is 19.1 Å². The van der Waals surface area contributed by atoms with Crippen LogP contribution in [0.1, 0.15) is 38.5 Å². The zero-order valence-corrected chi connectivity index (χ0v) is 10.3. The Hall–Kier alpha value is -1.03. The average Bonchev–Trinajstić information content (AvgIpc) is 3.04. The third kappa shape index (κ3) is 2.63. The van der Waals surface area contributed by atoms with Crippen molar-refractivity contribution in [1.29, 1.82) is 0 Å². The van der Waals surface area contributed by atoms with Crippen molar-refractivity contribution in [2.45, 2.75) is 57.2 Å². The van der Waals surface area contributed by atoms with E-state index in [9.17, 15) is 0 Å². The van der Waals surface area contributed by atoms with Crippen LogP contribution in [-0.2, 0) is 11.3 Å². The first-order chi connectivity index (χ1) is 8.42. The molecule has 1 aliphatic heterocycles. The van der Waals surface area contributed by atoms with E-state index in [1.807, 2.05) is 6.20 Å². The molecule has 0 radical (unpaired) electrons. The highest BCUT2D eigenvalue weighted by molar-refractivity contribution is 5.28. The number of hydrogen-bond acceptors (Lipinski definition) is 3. The highest BCUT2D eigenvalue weighted by atomic mass is 16.5. The molecular formula is C13H21N3O. The quantitative estimate of drug-likeness (QED) is 0.871. The molecule has 0 aromatic carbocycles. The van der Waals surface area contributed by atoms with Gasteiger partial charge in [0.2, 0.25) is 5.95 Å². The Balaban J connectivity index is 1.61. The van der Waals surface area contributed by atoms with Crippen LogP contribution in [0.2, 0.25) is 0 Å². The zero-order chi connectivity index (χ0) is 11.5. The van der Waals surface area contributed by atoms with Crippen molar-refractivity contribution in [1.82, 2.24) is 9.55 Å². The molecule has 0 spiro atoms. The van der Waals surface area contributed by atoms with Crippen LogP contribution in [0.15, 0.2) is 12.4 Å². The molecule has 1 aliphatic carbocycles. The second-order valence-electron chi connectivity index (χ2n) is 5.16. The van der Waals surface area contributed by atoms with E-state index in [4.69, 9.17) is 4.74 Å². The van der Waals surface area contributed by atoms with Gasteiger partial charge in [-0.2, -0.15) is 0 Å². The fourth-order valence-corrected chi connectivity index (χ4v) is 2.86. The highest BCUT2D eigenvalue weighted by Crippen LogP contribution is 2.22. The summed E-state index contributed by atoms with van der Waals surface area (Å²) >= 11 is 0. The molecular weight excluding hydrogens is 214 g/mol. The van der Waals surface area contributed by atoms with Gasteiger partial charge in [-0.05, 0) is 25.7 Å². The van der Waals surface area contributed by atoms with Crippen molar-refractivity contribution in [3.05, 3.63) is 12.4 Å². The molecule has 2 heterocycles. The molecule has 1 saturated carbocycles. The Morgan fingerprint density at radius 3 is 2.94 bits per heavy atom. The topological polar surface area (TPSA) is 39.1 Å². The van der Waals surface area contributed by atoms with Gasteiger partial charge >= 0.3 is 0 Å². The first-order valence-corrected chi connectivity index (χ1v) is 6.81. The van der Waals surface area contributed by atoms with Crippen molar-refractivity contribution < 1.29 is 4.74 Å². The van der Waals surface area contributed by atoms with E-state index < -0.39 is 0 Å². The van der Waals surface area contributed by atoms with Crippen molar-refractivity contribution in [2.24, 2.45) is 0 Å². The third-order valence-electron chi connectivity index (χ3n) is 3.83. The first-order valence-electron chi connectivity index (χ1n) is 6.81. The fraction of sp³-hybridized carbons (Fsp3) is 0.769. The highest BCUT2D eigenvalue weighted by Gasteiger charge is 2.19. The standard InChI is InChI=1S/C13H21N3O/c1-2-5-11(4-1)15-13-14-7-8-16(13)10-12-6-3-9-17-12/h7-8,11-12H,1-6,9-10H2,(H,14,15). The van der Waals surface area contributed by atoms with Gasteiger partial charge in [0.25, 0.3) is 0 Å². The Bertz CT molecular complexity index is 319. The molecule has 17 heavy (non-hydrogen) atoms. The summed E-state index contributed by atoms with van der Waals surface area (Å²) in [5.41, 5.74) is 0. The molecule has 2 fully saturated rings. The Morgan fingerprint density at radius 2 is 2.18 bits per heavy atom.